The van der Waals surface area contributed by atoms with E-state index in [1.165, 1.54) is 16.3 Å². The molecule has 8 heteroatoms. The number of aryl methyl sites for hydroxylation is 2. The number of thiophene rings is 1. The minimum Gasteiger partial charge on any atom is -0.512 e. The quantitative estimate of drug-likeness (QED) is 0.0842. The average molecular weight is 914 g/mol. The van der Waals surface area contributed by atoms with Gasteiger partial charge in [-0.05, 0) is 72.3 Å². The minimum atomic E-state index is -0.271. The first kappa shape index (κ1) is 42.3. The van der Waals surface area contributed by atoms with Crippen LogP contribution < -0.4 is 0 Å². The van der Waals surface area contributed by atoms with Crippen molar-refractivity contribution in [2.24, 2.45) is 41.4 Å². The molecule has 0 atom stereocenters. The predicted molar refractivity (Wildman–Crippen MR) is 216 cm³/mol. The van der Waals surface area contributed by atoms with Crippen molar-refractivity contribution in [3.8, 4) is 11.3 Å². The normalized spacial score (nSPS) is 12.5. The Morgan fingerprint density at radius 1 is 0.887 bits per heavy atom. The Balaban J connectivity index is 0.000000272. The van der Waals surface area contributed by atoms with E-state index in [2.05, 4.69) is 103 Å². The molecule has 3 heterocycles. The van der Waals surface area contributed by atoms with E-state index < -0.39 is 0 Å². The number of furan rings is 1. The minimum absolute atomic E-state index is 0. The number of nitrogens with zero attached hydrogens (tertiary/aromatic N) is 2. The van der Waals surface area contributed by atoms with E-state index in [1.54, 1.807) is 23.7 Å². The van der Waals surface area contributed by atoms with Crippen LogP contribution in [0.25, 0.3) is 53.5 Å². The number of halogens is 1. The third-order valence-corrected chi connectivity index (χ3v) is 11.0. The molecule has 5 nitrogen and oxygen atoms in total. The molecule has 285 valence electrons. The van der Waals surface area contributed by atoms with Crippen LogP contribution in [0.5, 0.6) is 0 Å². The third kappa shape index (κ3) is 9.09. The molecule has 0 saturated carbocycles. The second-order valence-corrected chi connectivity index (χ2v) is 17.3. The van der Waals surface area contributed by atoms with Crippen molar-refractivity contribution in [2.75, 3.05) is 0 Å². The Kier molecular flexibility index (Phi) is 13.8. The van der Waals surface area contributed by atoms with E-state index in [1.807, 2.05) is 26.0 Å². The zero-order chi connectivity index (χ0) is 38.2. The molecular weight excluding hydrogens is 860 g/mol. The van der Waals surface area contributed by atoms with Crippen LogP contribution in [-0.2, 0) is 31.3 Å². The van der Waals surface area contributed by atoms with Crippen LogP contribution in [0.1, 0.15) is 85.9 Å². The number of hydrogen-bond acceptors (Lipinski definition) is 6. The molecule has 0 saturated heterocycles. The van der Waals surface area contributed by atoms with Gasteiger partial charge in [0.05, 0.1) is 16.9 Å². The number of benzene rings is 3. The van der Waals surface area contributed by atoms with Crippen LogP contribution >= 0.6 is 11.3 Å². The number of aliphatic hydroxyl groups excluding tert-OH is 1. The first-order valence-corrected chi connectivity index (χ1v) is 19.5. The van der Waals surface area contributed by atoms with E-state index in [9.17, 15) is 14.3 Å². The summed E-state index contributed by atoms with van der Waals surface area (Å²) in [7, 11) is 0. The number of ketones is 1. The van der Waals surface area contributed by atoms with Gasteiger partial charge in [0.15, 0.2) is 5.78 Å². The number of fused-ring (bicyclic) bond motifs is 6. The second-order valence-electron chi connectivity index (χ2n) is 16.2. The van der Waals surface area contributed by atoms with Crippen LogP contribution in [0.4, 0.5) is 4.39 Å². The molecule has 1 radical (unpaired) electrons. The van der Waals surface area contributed by atoms with Crippen molar-refractivity contribution in [1.82, 2.24) is 9.97 Å². The maximum atomic E-state index is 14.9. The van der Waals surface area contributed by atoms with E-state index >= 15 is 0 Å². The zero-order valence-electron chi connectivity index (χ0n) is 33.1. The molecule has 3 aromatic carbocycles. The zero-order valence-corrected chi connectivity index (χ0v) is 36.4. The topological polar surface area (TPSA) is 76.2 Å². The van der Waals surface area contributed by atoms with Gasteiger partial charge in [-0.25, -0.2) is 9.37 Å². The van der Waals surface area contributed by atoms with Gasteiger partial charge in [-0.3, -0.25) is 9.78 Å². The molecule has 3 aromatic heterocycles. The molecule has 1 N–H and O–H groups in total. The fourth-order valence-corrected chi connectivity index (χ4v) is 9.16. The molecular formula is C45H54FIrN2O3S-. The van der Waals surface area contributed by atoms with Crippen LogP contribution in [0.15, 0.2) is 59.0 Å². The van der Waals surface area contributed by atoms with Crippen LogP contribution in [-0.4, -0.2) is 20.9 Å². The fourth-order valence-electron chi connectivity index (χ4n) is 7.94. The standard InChI is InChI=1S/C28H22FN2OS.C17H32O2.Ir/c1-14(2)7-17-5-6-18-23(12-17)33-28-25(18)30-13-31-26(28)20-9-15(3)8-19-24-21(29)10-16(4)11-22(24)32-27(19)20;1-10(2)16(11(3)4)14(18)9-15(19)17(12(5)6)13(7)8;/h5-6,8,10-14H,7H2,1-4H3;9-13,16-18H,1-8H3;/q-1;;/b;14-9-;. The number of rotatable bonds is 10. The Morgan fingerprint density at radius 3 is 2.13 bits per heavy atom. The smallest absolute Gasteiger partial charge is 0.162 e. The summed E-state index contributed by atoms with van der Waals surface area (Å²) in [5, 5.41) is 12.7. The Hall–Kier alpha value is -3.45. The summed E-state index contributed by atoms with van der Waals surface area (Å²) in [6, 6.07) is 15.4. The largest absolute Gasteiger partial charge is 0.512 e. The van der Waals surface area contributed by atoms with Gasteiger partial charge in [-0.2, -0.15) is 0 Å². The van der Waals surface area contributed by atoms with Crippen molar-refractivity contribution in [3.05, 3.63) is 83.1 Å². The molecule has 6 aromatic rings. The van der Waals surface area contributed by atoms with Crippen molar-refractivity contribution >= 4 is 59.4 Å². The number of aliphatic hydroxyl groups is 1. The molecule has 6 rings (SSSR count). The number of aromatic nitrogens is 2. The van der Waals surface area contributed by atoms with E-state index in [4.69, 9.17) is 4.42 Å². The van der Waals surface area contributed by atoms with Gasteiger partial charge in [-0.1, -0.05) is 99.2 Å². The molecule has 0 amide bonds. The molecule has 0 aliphatic heterocycles. The molecule has 53 heavy (non-hydrogen) atoms. The SMILES string of the molecule is CC(C)C(C(=O)/C=C(\O)C(C(C)C)C(C)C)C(C)C.Cc1[c-]c(-c2ncnc3c2sc2cc(CC(C)C)ccc23)c2oc3cc(C)cc(F)c3c2c1.[Ir]. The summed E-state index contributed by atoms with van der Waals surface area (Å²) < 4.78 is 23.3. The molecule has 0 unspecified atom stereocenters. The van der Waals surface area contributed by atoms with Gasteiger partial charge in [-0.15, -0.1) is 29.0 Å². The number of allylic oxidation sites excluding steroid dienone is 2. The van der Waals surface area contributed by atoms with Gasteiger partial charge < -0.3 is 9.52 Å². The number of carbonyl (C=O) groups excluding carboxylic acids is 1. The summed E-state index contributed by atoms with van der Waals surface area (Å²) in [5.74, 6) is 1.95. The molecule has 0 fully saturated rings. The second kappa shape index (κ2) is 17.3. The van der Waals surface area contributed by atoms with Crippen LogP contribution in [0.2, 0.25) is 0 Å². The van der Waals surface area contributed by atoms with Gasteiger partial charge in [0.2, 0.25) is 0 Å². The van der Waals surface area contributed by atoms with E-state index in [0.717, 1.165) is 49.8 Å². The Bertz CT molecular complexity index is 2250. The van der Waals surface area contributed by atoms with Crippen molar-refractivity contribution in [1.29, 1.82) is 0 Å². The van der Waals surface area contributed by atoms with Crippen molar-refractivity contribution in [3.63, 3.8) is 0 Å². The number of carbonyl (C=O) groups is 1. The third-order valence-electron chi connectivity index (χ3n) is 9.87. The molecule has 0 bridgehead atoms. The van der Waals surface area contributed by atoms with Gasteiger partial charge >= 0.3 is 0 Å². The maximum Gasteiger partial charge on any atom is 0.162 e. The van der Waals surface area contributed by atoms with Gasteiger partial charge in [0, 0.05) is 63.9 Å². The van der Waals surface area contributed by atoms with Crippen molar-refractivity contribution in [2.45, 2.75) is 89.5 Å². The van der Waals surface area contributed by atoms with Crippen molar-refractivity contribution < 1.29 is 38.8 Å². The van der Waals surface area contributed by atoms with Gasteiger partial charge in [0.1, 0.15) is 17.7 Å². The first-order chi connectivity index (χ1) is 24.5. The first-order valence-electron chi connectivity index (χ1n) is 18.6. The summed E-state index contributed by atoms with van der Waals surface area (Å²) in [4.78, 5) is 21.6. The summed E-state index contributed by atoms with van der Waals surface area (Å²) >= 11 is 1.69. The van der Waals surface area contributed by atoms with E-state index in [-0.39, 0.29) is 49.3 Å². The number of hydrogen-bond donors (Lipinski definition) is 1. The monoisotopic (exact) mass is 914 g/mol. The van der Waals surface area contributed by atoms with Crippen LogP contribution in [0.3, 0.4) is 0 Å². The summed E-state index contributed by atoms with van der Waals surface area (Å²) in [6.45, 7) is 24.9. The summed E-state index contributed by atoms with van der Waals surface area (Å²) in [6.07, 6.45) is 4.12. The Morgan fingerprint density at radius 2 is 1.53 bits per heavy atom. The van der Waals surface area contributed by atoms with Gasteiger partial charge in [0.25, 0.3) is 0 Å². The predicted octanol–water partition coefficient (Wildman–Crippen LogP) is 13.0. The van der Waals surface area contributed by atoms with E-state index in [0.29, 0.717) is 46.1 Å². The molecule has 0 spiro atoms. The maximum absolute atomic E-state index is 14.9. The summed E-state index contributed by atoms with van der Waals surface area (Å²) in [5.41, 5.74) is 6.67. The average Bonchev–Trinajstić information content (AvgIpc) is 3.57. The molecule has 0 aliphatic carbocycles. The Labute approximate surface area is 331 Å². The van der Waals surface area contributed by atoms with Crippen LogP contribution in [0, 0.1) is 67.2 Å². The fraction of sp³-hybridized carbons (Fsp3) is 0.444. The molecule has 0 aliphatic rings.